The summed E-state index contributed by atoms with van der Waals surface area (Å²) in [5.74, 6) is -0.0269. The molecule has 132 valence electrons. The number of piperidine rings is 1. The quantitative estimate of drug-likeness (QED) is 0.833. The minimum atomic E-state index is -3.30. The molecule has 0 bridgehead atoms. The maximum absolute atomic E-state index is 12.8. The molecule has 1 N–H and O–H groups in total. The van der Waals surface area contributed by atoms with Gasteiger partial charge in [-0.1, -0.05) is 0 Å². The standard InChI is InChI=1S/C16H23N3O4S/c1-12-14(4-3-6-17-12)15(21)18-7-5-13-8-19(24(2,22)23)10-16(13,9-18)11-20/h3-4,6,13,20H,5,7-11H2,1-2H3/t13-,16+/m0/s1. The summed E-state index contributed by atoms with van der Waals surface area (Å²) in [5.41, 5.74) is 0.654. The summed E-state index contributed by atoms with van der Waals surface area (Å²) < 4.78 is 25.2. The van der Waals surface area contributed by atoms with Crippen LogP contribution in [0.1, 0.15) is 22.5 Å². The molecule has 0 unspecified atom stereocenters. The van der Waals surface area contributed by atoms with E-state index < -0.39 is 15.4 Å². The Bertz CT molecular complexity index is 751. The second-order valence-corrected chi connectivity index (χ2v) is 8.91. The van der Waals surface area contributed by atoms with Crippen molar-refractivity contribution in [3.63, 3.8) is 0 Å². The second-order valence-electron chi connectivity index (χ2n) is 6.92. The first-order valence-corrected chi connectivity index (χ1v) is 9.88. The van der Waals surface area contributed by atoms with Gasteiger partial charge in [-0.15, -0.1) is 0 Å². The highest BCUT2D eigenvalue weighted by atomic mass is 32.2. The lowest BCUT2D eigenvalue weighted by atomic mass is 9.74. The molecule has 0 aromatic carbocycles. The maximum atomic E-state index is 12.8. The summed E-state index contributed by atoms with van der Waals surface area (Å²) >= 11 is 0. The van der Waals surface area contributed by atoms with Crippen LogP contribution in [0.3, 0.4) is 0 Å². The molecule has 0 spiro atoms. The molecule has 1 aromatic heterocycles. The number of carbonyl (C=O) groups is 1. The minimum Gasteiger partial charge on any atom is -0.396 e. The predicted octanol–water partition coefficient (Wildman–Crippen LogP) is 0.106. The van der Waals surface area contributed by atoms with E-state index in [9.17, 15) is 18.3 Å². The van der Waals surface area contributed by atoms with Crippen LogP contribution in [0.15, 0.2) is 18.3 Å². The van der Waals surface area contributed by atoms with Crippen molar-refractivity contribution in [2.24, 2.45) is 11.3 Å². The number of fused-ring (bicyclic) bond motifs is 1. The zero-order valence-corrected chi connectivity index (χ0v) is 14.8. The minimum absolute atomic E-state index is 0.0799. The largest absolute Gasteiger partial charge is 0.396 e. The molecule has 0 saturated carbocycles. The van der Waals surface area contributed by atoms with Gasteiger partial charge < -0.3 is 10.0 Å². The SMILES string of the molecule is Cc1ncccc1C(=O)N1CC[C@H]2CN(S(C)(=O)=O)C[C@@]2(CO)C1. The van der Waals surface area contributed by atoms with Crippen LogP contribution in [0.5, 0.6) is 0 Å². The topological polar surface area (TPSA) is 90.8 Å². The lowest BCUT2D eigenvalue weighted by Gasteiger charge is -2.43. The molecule has 24 heavy (non-hydrogen) atoms. The van der Waals surface area contributed by atoms with Gasteiger partial charge in [0.1, 0.15) is 0 Å². The fraction of sp³-hybridized carbons (Fsp3) is 0.625. The molecule has 7 nitrogen and oxygen atoms in total. The Morgan fingerprint density at radius 1 is 1.46 bits per heavy atom. The van der Waals surface area contributed by atoms with Crippen LogP contribution in [0.25, 0.3) is 0 Å². The monoisotopic (exact) mass is 353 g/mol. The molecule has 8 heteroatoms. The predicted molar refractivity (Wildman–Crippen MR) is 88.9 cm³/mol. The number of aryl methyl sites for hydroxylation is 1. The average Bonchev–Trinajstić information content (AvgIpc) is 2.94. The average molecular weight is 353 g/mol. The smallest absolute Gasteiger partial charge is 0.255 e. The van der Waals surface area contributed by atoms with E-state index >= 15 is 0 Å². The molecule has 0 aliphatic carbocycles. The van der Waals surface area contributed by atoms with Gasteiger partial charge in [-0.3, -0.25) is 9.78 Å². The third kappa shape index (κ3) is 2.94. The maximum Gasteiger partial charge on any atom is 0.255 e. The van der Waals surface area contributed by atoms with E-state index in [1.165, 1.54) is 10.6 Å². The van der Waals surface area contributed by atoms with Crippen LogP contribution in [-0.4, -0.2) is 72.7 Å². The Hall–Kier alpha value is -1.51. The highest BCUT2D eigenvalue weighted by Crippen LogP contribution is 2.43. The van der Waals surface area contributed by atoms with Gasteiger partial charge in [0, 0.05) is 43.5 Å². The molecule has 1 aromatic rings. The van der Waals surface area contributed by atoms with Crippen LogP contribution < -0.4 is 0 Å². The summed E-state index contributed by atoms with van der Waals surface area (Å²) in [6.07, 6.45) is 3.53. The summed E-state index contributed by atoms with van der Waals surface area (Å²) in [5, 5.41) is 9.99. The lowest BCUT2D eigenvalue weighted by molar-refractivity contribution is 0.0129. The van der Waals surface area contributed by atoms with Crippen molar-refractivity contribution < 1.29 is 18.3 Å². The fourth-order valence-corrected chi connectivity index (χ4v) is 4.81. The number of sulfonamides is 1. The zero-order chi connectivity index (χ0) is 17.5. The molecule has 2 saturated heterocycles. The van der Waals surface area contributed by atoms with Gasteiger partial charge >= 0.3 is 0 Å². The van der Waals surface area contributed by atoms with E-state index in [1.807, 2.05) is 0 Å². The summed E-state index contributed by atoms with van der Waals surface area (Å²) in [4.78, 5) is 18.7. The van der Waals surface area contributed by atoms with Gasteiger partial charge in [0.2, 0.25) is 10.0 Å². The van der Waals surface area contributed by atoms with Crippen molar-refractivity contribution in [3.8, 4) is 0 Å². The molecule has 1 amide bonds. The van der Waals surface area contributed by atoms with Gasteiger partial charge in [-0.05, 0) is 31.4 Å². The van der Waals surface area contributed by atoms with Crippen LogP contribution in [0.2, 0.25) is 0 Å². The van der Waals surface area contributed by atoms with E-state index in [0.717, 1.165) is 0 Å². The third-order valence-electron chi connectivity index (χ3n) is 5.34. The number of aliphatic hydroxyl groups excluding tert-OH is 1. The van der Waals surface area contributed by atoms with Gasteiger partial charge in [-0.2, -0.15) is 0 Å². The van der Waals surface area contributed by atoms with E-state index in [0.29, 0.717) is 37.3 Å². The van der Waals surface area contributed by atoms with Crippen molar-refractivity contribution in [2.45, 2.75) is 13.3 Å². The normalized spacial score (nSPS) is 28.0. The molecule has 2 fully saturated rings. The Balaban J connectivity index is 1.84. The second kappa shape index (κ2) is 6.09. The van der Waals surface area contributed by atoms with Crippen molar-refractivity contribution in [1.82, 2.24) is 14.2 Å². The van der Waals surface area contributed by atoms with Crippen molar-refractivity contribution in [2.75, 3.05) is 39.0 Å². The number of carbonyl (C=O) groups excluding carboxylic acids is 1. The van der Waals surface area contributed by atoms with Gasteiger partial charge in [0.05, 0.1) is 18.4 Å². The van der Waals surface area contributed by atoms with Crippen LogP contribution in [-0.2, 0) is 10.0 Å². The molecular formula is C16H23N3O4S. The third-order valence-corrected chi connectivity index (χ3v) is 6.56. The van der Waals surface area contributed by atoms with E-state index in [2.05, 4.69) is 4.98 Å². The molecule has 2 aliphatic rings. The van der Waals surface area contributed by atoms with Gasteiger partial charge in [0.25, 0.3) is 5.91 Å². The Labute approximate surface area is 142 Å². The first-order valence-electron chi connectivity index (χ1n) is 8.04. The molecule has 2 atom stereocenters. The number of nitrogens with zero attached hydrogens (tertiary/aromatic N) is 3. The highest BCUT2D eigenvalue weighted by Gasteiger charge is 2.52. The first-order chi connectivity index (χ1) is 11.3. The number of likely N-dealkylation sites (tertiary alicyclic amines) is 1. The molecule has 0 radical (unpaired) electrons. The van der Waals surface area contributed by atoms with E-state index in [1.54, 1.807) is 30.2 Å². The summed E-state index contributed by atoms with van der Waals surface area (Å²) in [6.45, 7) is 3.29. The van der Waals surface area contributed by atoms with Crippen LogP contribution in [0, 0.1) is 18.3 Å². The molecular weight excluding hydrogens is 330 g/mol. The first kappa shape index (κ1) is 17.3. The van der Waals surface area contributed by atoms with Crippen molar-refractivity contribution >= 4 is 15.9 Å². The number of aromatic nitrogens is 1. The number of aliphatic hydroxyl groups is 1. The summed E-state index contributed by atoms with van der Waals surface area (Å²) in [7, 11) is -3.30. The van der Waals surface area contributed by atoms with Crippen molar-refractivity contribution in [1.29, 1.82) is 0 Å². The lowest BCUT2D eigenvalue weighted by Crippen LogP contribution is -2.52. The van der Waals surface area contributed by atoms with Gasteiger partial charge in [0.15, 0.2) is 0 Å². The van der Waals surface area contributed by atoms with Gasteiger partial charge in [-0.25, -0.2) is 12.7 Å². The highest BCUT2D eigenvalue weighted by molar-refractivity contribution is 7.88. The van der Waals surface area contributed by atoms with E-state index in [-0.39, 0.29) is 25.0 Å². The number of rotatable bonds is 3. The molecule has 3 rings (SSSR count). The Morgan fingerprint density at radius 2 is 2.21 bits per heavy atom. The van der Waals surface area contributed by atoms with Crippen LogP contribution >= 0.6 is 0 Å². The number of amides is 1. The van der Waals surface area contributed by atoms with Crippen molar-refractivity contribution in [3.05, 3.63) is 29.6 Å². The number of pyridine rings is 1. The Morgan fingerprint density at radius 3 is 2.83 bits per heavy atom. The van der Waals surface area contributed by atoms with Crippen LogP contribution in [0.4, 0.5) is 0 Å². The Kier molecular flexibility index (Phi) is 4.39. The molecule has 2 aliphatic heterocycles. The number of hydrogen-bond acceptors (Lipinski definition) is 5. The van der Waals surface area contributed by atoms with E-state index in [4.69, 9.17) is 0 Å². The molecule has 3 heterocycles. The summed E-state index contributed by atoms with van der Waals surface area (Å²) in [6, 6.07) is 3.48. The fourth-order valence-electron chi connectivity index (χ4n) is 3.87. The number of hydrogen-bond donors (Lipinski definition) is 1. The zero-order valence-electron chi connectivity index (χ0n) is 14.0.